The molecule has 0 aliphatic rings. The minimum Gasteiger partial charge on any atom is -0.395 e. The molecular weight excluding hydrogens is 324 g/mol. The van der Waals surface area contributed by atoms with Gasteiger partial charge in [0.1, 0.15) is 5.82 Å². The molecule has 0 atom stereocenters. The number of carbonyl (C=O) groups excluding carboxylic acids is 1. The van der Waals surface area contributed by atoms with E-state index in [9.17, 15) is 9.18 Å². The molecule has 0 saturated heterocycles. The maximum atomic E-state index is 12.9. The summed E-state index contributed by atoms with van der Waals surface area (Å²) in [5.41, 5.74) is 0.470. The van der Waals surface area contributed by atoms with Gasteiger partial charge in [0.05, 0.1) is 12.2 Å². The van der Waals surface area contributed by atoms with Crippen LogP contribution in [0.4, 0.5) is 4.39 Å². The van der Waals surface area contributed by atoms with E-state index in [-0.39, 0.29) is 18.3 Å². The lowest BCUT2D eigenvalue weighted by Crippen LogP contribution is -2.33. The van der Waals surface area contributed by atoms with Crippen molar-refractivity contribution in [2.75, 3.05) is 19.7 Å². The molecule has 0 heterocycles. The van der Waals surface area contributed by atoms with E-state index < -0.39 is 0 Å². The first-order valence-corrected chi connectivity index (χ1v) is 6.03. The lowest BCUT2D eigenvalue weighted by molar-refractivity contribution is 0.0731. The molecule has 1 amide bonds. The maximum Gasteiger partial charge on any atom is 0.254 e. The van der Waals surface area contributed by atoms with Crippen molar-refractivity contribution in [3.63, 3.8) is 0 Å². The molecule has 1 rings (SSSR count). The molecule has 16 heavy (non-hydrogen) atoms. The lowest BCUT2D eigenvalue weighted by Gasteiger charge is -2.20. The van der Waals surface area contributed by atoms with Gasteiger partial charge in [-0.3, -0.25) is 4.79 Å². The number of hydrogen-bond acceptors (Lipinski definition) is 2. The van der Waals surface area contributed by atoms with Crippen LogP contribution in [0.3, 0.4) is 0 Å². The first-order chi connectivity index (χ1) is 7.60. The standard InChI is InChI=1S/C11H13FINO2/c1-2-14(5-6-15)11(16)9-4-3-8(12)7-10(9)13/h3-4,7,15H,2,5-6H2,1H3. The minimum atomic E-state index is -0.355. The molecule has 0 fully saturated rings. The maximum absolute atomic E-state index is 12.9. The molecule has 0 unspecified atom stereocenters. The average molecular weight is 337 g/mol. The smallest absolute Gasteiger partial charge is 0.254 e. The van der Waals surface area contributed by atoms with Crippen molar-refractivity contribution in [2.45, 2.75) is 6.92 Å². The fourth-order valence-electron chi connectivity index (χ4n) is 1.36. The quantitative estimate of drug-likeness (QED) is 0.853. The molecule has 0 aromatic heterocycles. The van der Waals surface area contributed by atoms with Crippen molar-refractivity contribution in [1.82, 2.24) is 4.90 Å². The van der Waals surface area contributed by atoms with Crippen molar-refractivity contribution in [3.8, 4) is 0 Å². The number of amides is 1. The Morgan fingerprint density at radius 2 is 2.25 bits per heavy atom. The monoisotopic (exact) mass is 337 g/mol. The zero-order chi connectivity index (χ0) is 12.1. The van der Waals surface area contributed by atoms with Crippen LogP contribution in [0.25, 0.3) is 0 Å². The highest BCUT2D eigenvalue weighted by Crippen LogP contribution is 2.15. The molecule has 0 bridgehead atoms. The number of rotatable bonds is 4. The largest absolute Gasteiger partial charge is 0.395 e. The highest BCUT2D eigenvalue weighted by molar-refractivity contribution is 14.1. The Labute approximate surface area is 107 Å². The van der Waals surface area contributed by atoms with Gasteiger partial charge in [-0.25, -0.2) is 4.39 Å². The van der Waals surface area contributed by atoms with Crippen molar-refractivity contribution >= 4 is 28.5 Å². The van der Waals surface area contributed by atoms with Crippen molar-refractivity contribution in [3.05, 3.63) is 33.1 Å². The molecular formula is C11H13FINO2. The summed E-state index contributed by atoms with van der Waals surface area (Å²) in [6, 6.07) is 4.06. The van der Waals surface area contributed by atoms with Crippen LogP contribution in [0.1, 0.15) is 17.3 Å². The molecule has 0 saturated carbocycles. The van der Waals surface area contributed by atoms with Gasteiger partial charge in [-0.2, -0.15) is 0 Å². The first kappa shape index (κ1) is 13.4. The summed E-state index contributed by atoms with van der Waals surface area (Å²) in [5, 5.41) is 8.82. The van der Waals surface area contributed by atoms with Crippen LogP contribution in [0, 0.1) is 9.39 Å². The van der Waals surface area contributed by atoms with Gasteiger partial charge in [0.2, 0.25) is 0 Å². The highest BCUT2D eigenvalue weighted by Gasteiger charge is 2.16. The molecule has 0 radical (unpaired) electrons. The van der Waals surface area contributed by atoms with Crippen molar-refractivity contribution in [1.29, 1.82) is 0 Å². The summed E-state index contributed by atoms with van der Waals surface area (Å²) < 4.78 is 13.5. The summed E-state index contributed by atoms with van der Waals surface area (Å²) in [7, 11) is 0. The zero-order valence-electron chi connectivity index (χ0n) is 8.91. The van der Waals surface area contributed by atoms with Crippen LogP contribution in [0.2, 0.25) is 0 Å². The molecule has 1 aromatic carbocycles. The summed E-state index contributed by atoms with van der Waals surface area (Å²) in [6.07, 6.45) is 0. The first-order valence-electron chi connectivity index (χ1n) is 4.95. The van der Waals surface area contributed by atoms with Gasteiger partial charge < -0.3 is 10.0 Å². The predicted octanol–water partition coefficient (Wildman–Crippen LogP) is 1.88. The summed E-state index contributed by atoms with van der Waals surface area (Å²) >= 11 is 1.93. The van der Waals surface area contributed by atoms with Crippen molar-refractivity contribution in [2.24, 2.45) is 0 Å². The topological polar surface area (TPSA) is 40.5 Å². The number of nitrogens with zero attached hydrogens (tertiary/aromatic N) is 1. The number of halogens is 2. The Morgan fingerprint density at radius 3 is 2.75 bits per heavy atom. The third-order valence-corrected chi connectivity index (χ3v) is 3.09. The fraction of sp³-hybridized carbons (Fsp3) is 0.364. The van der Waals surface area contributed by atoms with Crippen LogP contribution < -0.4 is 0 Å². The molecule has 1 N–H and O–H groups in total. The fourth-order valence-corrected chi connectivity index (χ4v) is 2.07. The van der Waals surface area contributed by atoms with E-state index in [1.807, 2.05) is 29.5 Å². The van der Waals surface area contributed by atoms with E-state index in [0.717, 1.165) is 0 Å². The number of aliphatic hydroxyl groups excluding tert-OH is 1. The van der Waals surface area contributed by atoms with Gasteiger partial charge in [0.15, 0.2) is 0 Å². The average Bonchev–Trinajstić information content (AvgIpc) is 2.25. The number of benzene rings is 1. The van der Waals surface area contributed by atoms with Crippen LogP contribution in [0.15, 0.2) is 18.2 Å². The third-order valence-electron chi connectivity index (χ3n) is 2.20. The second-order valence-electron chi connectivity index (χ2n) is 3.23. The molecule has 1 aromatic rings. The Balaban J connectivity index is 2.94. The van der Waals surface area contributed by atoms with Crippen molar-refractivity contribution < 1.29 is 14.3 Å². The SMILES string of the molecule is CCN(CCO)C(=O)c1ccc(F)cc1I. The van der Waals surface area contributed by atoms with Gasteiger partial charge in [-0.1, -0.05) is 0 Å². The second-order valence-corrected chi connectivity index (χ2v) is 4.39. The van der Waals surface area contributed by atoms with Gasteiger partial charge >= 0.3 is 0 Å². The summed E-state index contributed by atoms with van der Waals surface area (Å²) in [6.45, 7) is 2.58. The minimum absolute atomic E-state index is 0.0721. The predicted molar refractivity (Wildman–Crippen MR) is 67.8 cm³/mol. The van der Waals surface area contributed by atoms with E-state index in [1.54, 1.807) is 0 Å². The number of hydrogen-bond donors (Lipinski definition) is 1. The summed E-state index contributed by atoms with van der Waals surface area (Å²) in [5.74, 6) is -0.535. The van der Waals surface area contributed by atoms with E-state index in [1.165, 1.54) is 23.1 Å². The van der Waals surface area contributed by atoms with Gasteiger partial charge in [0.25, 0.3) is 5.91 Å². The molecule has 88 valence electrons. The molecule has 5 heteroatoms. The molecule has 3 nitrogen and oxygen atoms in total. The van der Waals surface area contributed by atoms with Gasteiger partial charge in [-0.15, -0.1) is 0 Å². The van der Waals surface area contributed by atoms with Gasteiger partial charge in [0, 0.05) is 16.7 Å². The van der Waals surface area contributed by atoms with Crippen LogP contribution in [-0.2, 0) is 0 Å². The third kappa shape index (κ3) is 3.15. The Morgan fingerprint density at radius 1 is 1.56 bits per heavy atom. The summed E-state index contributed by atoms with van der Waals surface area (Å²) in [4.78, 5) is 13.5. The molecule has 0 aliphatic carbocycles. The lowest BCUT2D eigenvalue weighted by atomic mass is 10.2. The van der Waals surface area contributed by atoms with E-state index >= 15 is 0 Å². The van der Waals surface area contributed by atoms with Crippen LogP contribution >= 0.6 is 22.6 Å². The van der Waals surface area contributed by atoms with Crippen LogP contribution in [-0.4, -0.2) is 35.6 Å². The highest BCUT2D eigenvalue weighted by atomic mass is 127. The molecule has 0 spiro atoms. The Bertz CT molecular complexity index is 384. The van der Waals surface area contributed by atoms with E-state index in [2.05, 4.69) is 0 Å². The number of aliphatic hydroxyl groups is 1. The second kappa shape index (κ2) is 6.15. The normalized spacial score (nSPS) is 10.2. The van der Waals surface area contributed by atoms with Crippen LogP contribution in [0.5, 0.6) is 0 Å². The number of carbonyl (C=O) groups is 1. The van der Waals surface area contributed by atoms with E-state index in [0.29, 0.717) is 22.2 Å². The van der Waals surface area contributed by atoms with E-state index in [4.69, 9.17) is 5.11 Å². The Hall–Kier alpha value is -0.690. The Kier molecular flexibility index (Phi) is 5.14. The van der Waals surface area contributed by atoms with Gasteiger partial charge in [-0.05, 0) is 47.7 Å². The molecule has 0 aliphatic heterocycles. The zero-order valence-corrected chi connectivity index (χ0v) is 11.1. The number of likely N-dealkylation sites (N-methyl/N-ethyl adjacent to an activating group) is 1.